The van der Waals surface area contributed by atoms with E-state index >= 15 is 0 Å². The Balaban J connectivity index is 2.38. The van der Waals surface area contributed by atoms with Gasteiger partial charge in [0.2, 0.25) is 5.95 Å². The van der Waals surface area contributed by atoms with Gasteiger partial charge in [0.15, 0.2) is 5.69 Å². The summed E-state index contributed by atoms with van der Waals surface area (Å²) in [5.41, 5.74) is -0.707. The number of hydrogen-bond acceptors (Lipinski definition) is 7. The average Bonchev–Trinajstić information content (AvgIpc) is 2.59. The maximum atomic E-state index is 13.0. The predicted octanol–water partition coefficient (Wildman–Crippen LogP) is 2.66. The zero-order chi connectivity index (χ0) is 18.4. The summed E-state index contributed by atoms with van der Waals surface area (Å²) < 4.78 is 49.3. The molecule has 0 fully saturated rings. The number of ether oxygens (including phenoxy) is 2. The Labute approximate surface area is 141 Å². The highest BCUT2D eigenvalue weighted by molar-refractivity contribution is 5.66. The van der Waals surface area contributed by atoms with Gasteiger partial charge in [0.1, 0.15) is 17.3 Å². The number of aromatic nitrogens is 2. The second-order valence-corrected chi connectivity index (χ2v) is 4.80. The van der Waals surface area contributed by atoms with Gasteiger partial charge in [-0.25, -0.2) is 4.98 Å². The molecule has 3 N–H and O–H groups in total. The van der Waals surface area contributed by atoms with E-state index in [1.165, 1.54) is 14.2 Å². The van der Waals surface area contributed by atoms with E-state index in [0.29, 0.717) is 17.2 Å². The van der Waals surface area contributed by atoms with Crippen molar-refractivity contribution in [2.24, 2.45) is 0 Å². The van der Waals surface area contributed by atoms with E-state index in [4.69, 9.17) is 14.6 Å². The fourth-order valence-corrected chi connectivity index (χ4v) is 1.94. The summed E-state index contributed by atoms with van der Waals surface area (Å²) in [5, 5.41) is 14.1. The Bertz CT molecular complexity index is 726. The molecule has 0 unspecified atom stereocenters. The van der Waals surface area contributed by atoms with Crippen LogP contribution in [-0.4, -0.2) is 42.4 Å². The molecule has 0 aliphatic carbocycles. The molecular formula is C15H17F3N4O3. The fraction of sp³-hybridized carbons (Fsp3) is 0.333. The zero-order valence-corrected chi connectivity index (χ0v) is 13.5. The minimum Gasteiger partial charge on any atom is -0.497 e. The molecule has 0 amide bonds. The molecule has 1 aromatic carbocycles. The molecule has 1 aromatic heterocycles. The Kier molecular flexibility index (Phi) is 5.86. The lowest BCUT2D eigenvalue weighted by Gasteiger charge is -2.14. The summed E-state index contributed by atoms with van der Waals surface area (Å²) in [6.45, 7) is -0.249. The minimum absolute atomic E-state index is 0.0204. The van der Waals surface area contributed by atoms with Crippen molar-refractivity contribution < 1.29 is 27.8 Å². The molecule has 25 heavy (non-hydrogen) atoms. The molecule has 2 aromatic rings. The molecule has 0 atom stereocenters. The van der Waals surface area contributed by atoms with Gasteiger partial charge in [0.05, 0.1) is 26.5 Å². The van der Waals surface area contributed by atoms with Crippen LogP contribution in [0.25, 0.3) is 0 Å². The van der Waals surface area contributed by atoms with Crippen molar-refractivity contribution in [3.63, 3.8) is 0 Å². The molecule has 0 spiro atoms. The fourth-order valence-electron chi connectivity index (χ4n) is 1.94. The maximum Gasteiger partial charge on any atom is 0.433 e. The van der Waals surface area contributed by atoms with Crippen molar-refractivity contribution in [3.05, 3.63) is 30.0 Å². The summed E-state index contributed by atoms with van der Waals surface area (Å²) in [6, 6.07) is 5.59. The first-order valence-corrected chi connectivity index (χ1v) is 7.17. The predicted molar refractivity (Wildman–Crippen MR) is 85.4 cm³/mol. The van der Waals surface area contributed by atoms with E-state index < -0.39 is 11.9 Å². The Hall–Kier alpha value is -2.75. The van der Waals surface area contributed by atoms with Crippen LogP contribution in [0, 0.1) is 0 Å². The smallest absolute Gasteiger partial charge is 0.433 e. The van der Waals surface area contributed by atoms with E-state index in [-0.39, 0.29) is 24.9 Å². The number of halogens is 3. The number of aliphatic hydroxyl groups is 1. The lowest BCUT2D eigenvalue weighted by molar-refractivity contribution is -0.141. The normalized spacial score (nSPS) is 11.1. The molecule has 0 saturated heterocycles. The van der Waals surface area contributed by atoms with Gasteiger partial charge in [0, 0.05) is 18.7 Å². The van der Waals surface area contributed by atoms with Crippen LogP contribution in [0.4, 0.5) is 30.6 Å². The summed E-state index contributed by atoms with van der Waals surface area (Å²) >= 11 is 0. The number of benzene rings is 1. The number of anilines is 3. The maximum absolute atomic E-state index is 13.0. The molecule has 0 bridgehead atoms. The van der Waals surface area contributed by atoms with Crippen LogP contribution in [0.15, 0.2) is 24.3 Å². The number of aliphatic hydroxyl groups excluding tert-OH is 1. The highest BCUT2D eigenvalue weighted by atomic mass is 19.4. The van der Waals surface area contributed by atoms with Crippen LogP contribution in [-0.2, 0) is 6.18 Å². The number of alkyl halides is 3. The zero-order valence-electron chi connectivity index (χ0n) is 13.5. The van der Waals surface area contributed by atoms with Gasteiger partial charge >= 0.3 is 6.18 Å². The number of nitrogens with zero attached hydrogens (tertiary/aromatic N) is 2. The molecule has 0 saturated carbocycles. The lowest BCUT2D eigenvalue weighted by Crippen LogP contribution is -2.15. The average molecular weight is 358 g/mol. The quantitative estimate of drug-likeness (QED) is 0.701. The molecule has 136 valence electrons. The first-order chi connectivity index (χ1) is 11.9. The summed E-state index contributed by atoms with van der Waals surface area (Å²) in [7, 11) is 2.91. The topological polar surface area (TPSA) is 88.5 Å². The number of rotatable bonds is 7. The number of methoxy groups -OCH3 is 2. The Morgan fingerprint density at radius 2 is 1.88 bits per heavy atom. The van der Waals surface area contributed by atoms with Crippen LogP contribution >= 0.6 is 0 Å². The van der Waals surface area contributed by atoms with E-state index in [0.717, 1.165) is 6.07 Å². The van der Waals surface area contributed by atoms with E-state index in [1.807, 2.05) is 0 Å². The molecule has 7 nitrogen and oxygen atoms in total. The SMILES string of the molecule is COc1ccc(Nc2cc(C(F)(F)F)nc(NCCO)n2)c(OC)c1. The van der Waals surface area contributed by atoms with Crippen molar-refractivity contribution in [3.8, 4) is 11.5 Å². The van der Waals surface area contributed by atoms with Crippen molar-refractivity contribution in [1.29, 1.82) is 0 Å². The number of nitrogens with one attached hydrogen (secondary N) is 2. The molecule has 10 heteroatoms. The molecule has 0 radical (unpaired) electrons. The van der Waals surface area contributed by atoms with Crippen LogP contribution in [0.1, 0.15) is 5.69 Å². The highest BCUT2D eigenvalue weighted by Gasteiger charge is 2.33. The van der Waals surface area contributed by atoms with E-state index in [9.17, 15) is 13.2 Å². The lowest BCUT2D eigenvalue weighted by atomic mass is 10.2. The van der Waals surface area contributed by atoms with Crippen molar-refractivity contribution in [2.45, 2.75) is 6.18 Å². The molecule has 1 heterocycles. The van der Waals surface area contributed by atoms with Crippen LogP contribution < -0.4 is 20.1 Å². The first kappa shape index (κ1) is 18.6. The second-order valence-electron chi connectivity index (χ2n) is 4.80. The Morgan fingerprint density at radius 3 is 2.48 bits per heavy atom. The van der Waals surface area contributed by atoms with Crippen LogP contribution in [0.5, 0.6) is 11.5 Å². The minimum atomic E-state index is -4.64. The van der Waals surface area contributed by atoms with Gasteiger partial charge in [-0.3, -0.25) is 0 Å². The van der Waals surface area contributed by atoms with Crippen molar-refractivity contribution >= 4 is 17.5 Å². The molecule has 0 aliphatic heterocycles. The van der Waals surface area contributed by atoms with Gasteiger partial charge in [0.25, 0.3) is 0 Å². The van der Waals surface area contributed by atoms with Crippen LogP contribution in [0.2, 0.25) is 0 Å². The van der Waals surface area contributed by atoms with Gasteiger partial charge in [-0.05, 0) is 12.1 Å². The van der Waals surface area contributed by atoms with Gasteiger partial charge in [-0.2, -0.15) is 18.2 Å². The van der Waals surface area contributed by atoms with Crippen molar-refractivity contribution in [1.82, 2.24) is 9.97 Å². The summed E-state index contributed by atoms with van der Waals surface area (Å²) in [6.07, 6.45) is -4.64. The summed E-state index contributed by atoms with van der Waals surface area (Å²) in [5.74, 6) is 0.577. The first-order valence-electron chi connectivity index (χ1n) is 7.17. The Morgan fingerprint density at radius 1 is 1.12 bits per heavy atom. The number of hydrogen-bond donors (Lipinski definition) is 3. The third-order valence-corrected chi connectivity index (χ3v) is 3.08. The molecule has 2 rings (SSSR count). The molecular weight excluding hydrogens is 341 g/mol. The third-order valence-electron chi connectivity index (χ3n) is 3.08. The third kappa shape index (κ3) is 4.86. The molecule has 0 aliphatic rings. The largest absolute Gasteiger partial charge is 0.497 e. The van der Waals surface area contributed by atoms with Crippen LogP contribution in [0.3, 0.4) is 0 Å². The summed E-state index contributed by atoms with van der Waals surface area (Å²) in [4.78, 5) is 7.37. The van der Waals surface area contributed by atoms with Crippen molar-refractivity contribution in [2.75, 3.05) is 38.0 Å². The van der Waals surface area contributed by atoms with E-state index in [1.54, 1.807) is 18.2 Å². The van der Waals surface area contributed by atoms with Gasteiger partial charge < -0.3 is 25.2 Å². The highest BCUT2D eigenvalue weighted by Crippen LogP contribution is 2.33. The van der Waals surface area contributed by atoms with Gasteiger partial charge in [-0.1, -0.05) is 0 Å². The second kappa shape index (κ2) is 7.88. The monoisotopic (exact) mass is 358 g/mol. The standard InChI is InChI=1S/C15H17F3N4O3/c1-24-9-3-4-10(11(7-9)25-2)20-13-8-12(15(16,17)18)21-14(22-13)19-5-6-23/h3-4,7-8,23H,5-6H2,1-2H3,(H2,19,20,21,22). The van der Waals surface area contributed by atoms with E-state index in [2.05, 4.69) is 20.6 Å². The van der Waals surface area contributed by atoms with Gasteiger partial charge in [-0.15, -0.1) is 0 Å².